The van der Waals surface area contributed by atoms with Crippen molar-refractivity contribution in [3.8, 4) is 0 Å². The average Bonchev–Trinajstić information content (AvgIpc) is 2.15. The predicted octanol–water partition coefficient (Wildman–Crippen LogP) is 2.26. The highest BCUT2D eigenvalue weighted by Gasteiger charge is 2.09. The van der Waals surface area contributed by atoms with Crippen LogP contribution in [0.4, 0.5) is 0 Å². The average molecular weight is 226 g/mol. The number of hydrogen-bond donors (Lipinski definition) is 0. The fraction of sp³-hybridized carbons (Fsp3) is 0. The van der Waals surface area contributed by atoms with E-state index in [-0.39, 0.29) is 5.30 Å². The molecule has 0 spiro atoms. The molecule has 0 aromatic heterocycles. The summed E-state index contributed by atoms with van der Waals surface area (Å²) in [5.41, 5.74) is 0. The lowest BCUT2D eigenvalue weighted by atomic mass is 10.1. The summed E-state index contributed by atoms with van der Waals surface area (Å²) in [5, 5.41) is 1.74. The summed E-state index contributed by atoms with van der Waals surface area (Å²) in [4.78, 5) is 11.2. The lowest BCUT2D eigenvalue weighted by Gasteiger charge is -2.16. The smallest absolute Gasteiger partial charge is 0.130 e. The molecule has 0 aliphatic heterocycles. The van der Waals surface area contributed by atoms with Crippen LogP contribution in [0.25, 0.3) is 10.8 Å². The van der Waals surface area contributed by atoms with Gasteiger partial charge in [-0.3, -0.25) is 0 Å². The molecule has 0 fully saturated rings. The minimum atomic E-state index is -3.94. The van der Waals surface area contributed by atoms with E-state index in [0.717, 1.165) is 5.39 Å². The zero-order valence-electron chi connectivity index (χ0n) is 7.18. The minimum Gasteiger partial charge on any atom is -0.784 e. The molecule has 0 N–H and O–H groups in total. The fourth-order valence-electron chi connectivity index (χ4n) is 1.44. The first-order valence-corrected chi connectivity index (χ1v) is 6.61. The van der Waals surface area contributed by atoms with Gasteiger partial charge in [-0.2, -0.15) is 0 Å². The van der Waals surface area contributed by atoms with Crippen molar-refractivity contribution in [1.82, 2.24) is 0 Å². The molecule has 0 saturated carbocycles. The van der Waals surface area contributed by atoms with Gasteiger partial charge in [0.2, 0.25) is 0 Å². The Balaban J connectivity index is 2.85. The quantitative estimate of drug-likeness (QED) is 0.699. The molecule has 72 valence electrons. The van der Waals surface area contributed by atoms with Crippen LogP contribution >= 0.6 is 18.0 Å². The van der Waals surface area contributed by atoms with Gasteiger partial charge in [0.05, 0.1) is 0 Å². The second kappa shape index (κ2) is 3.39. The van der Waals surface area contributed by atoms with Crippen molar-refractivity contribution in [3.05, 3.63) is 42.5 Å². The topological polar surface area (TPSA) is 40.1 Å². The molecule has 1 atom stereocenters. The van der Waals surface area contributed by atoms with Crippen LogP contribution in [0, 0.1) is 0 Å². The highest BCUT2D eigenvalue weighted by molar-refractivity contribution is 7.89. The molecule has 2 aromatic rings. The van der Waals surface area contributed by atoms with E-state index in [0.29, 0.717) is 5.39 Å². The summed E-state index contributed by atoms with van der Waals surface area (Å²) in [6.45, 7) is -3.94. The Kier molecular flexibility index (Phi) is 2.36. The third-order valence-electron chi connectivity index (χ3n) is 2.05. The summed E-state index contributed by atoms with van der Waals surface area (Å²) in [6, 6.07) is 12.3. The Bertz CT molecular complexity index is 513. The molecule has 0 heterocycles. The summed E-state index contributed by atoms with van der Waals surface area (Å²) in [6.07, 6.45) is 0. The maximum Gasteiger partial charge on any atom is 0.130 e. The fourth-order valence-corrected chi connectivity index (χ4v) is 2.64. The molecular formula is C10H7ClO2P-. The van der Waals surface area contributed by atoms with Crippen molar-refractivity contribution in [2.45, 2.75) is 0 Å². The van der Waals surface area contributed by atoms with Crippen LogP contribution in [0.15, 0.2) is 42.5 Å². The molecule has 2 aromatic carbocycles. The molecule has 2 nitrogen and oxygen atoms in total. The lowest BCUT2D eigenvalue weighted by molar-refractivity contribution is -0.164. The zero-order valence-corrected chi connectivity index (χ0v) is 8.83. The molecule has 0 bridgehead atoms. The molecule has 0 radical (unpaired) electrons. The molecule has 4 heteroatoms. The first-order chi connectivity index (χ1) is 6.59. The Morgan fingerprint density at radius 2 is 1.71 bits per heavy atom. The standard InChI is InChI=1S/C10H8ClO2P/c11-14(12,13)10-7-3-5-8-4-1-2-6-9(8)10/h1-7H,(H,12,13)/p-1. The van der Waals surface area contributed by atoms with E-state index in [2.05, 4.69) is 0 Å². The van der Waals surface area contributed by atoms with E-state index in [1.807, 2.05) is 18.2 Å². The third-order valence-corrected chi connectivity index (χ3v) is 3.57. The van der Waals surface area contributed by atoms with E-state index in [1.165, 1.54) is 6.07 Å². The Hall–Kier alpha value is -0.820. The van der Waals surface area contributed by atoms with Gasteiger partial charge in [0.1, 0.15) is 6.72 Å². The predicted molar refractivity (Wildman–Crippen MR) is 57.0 cm³/mol. The van der Waals surface area contributed by atoms with Gasteiger partial charge in [-0.25, -0.2) is 0 Å². The van der Waals surface area contributed by atoms with Gasteiger partial charge in [-0.15, -0.1) is 0 Å². The molecule has 0 aliphatic rings. The second-order valence-corrected chi connectivity index (χ2v) is 5.75. The van der Waals surface area contributed by atoms with Gasteiger partial charge in [0.25, 0.3) is 0 Å². The van der Waals surface area contributed by atoms with Crippen LogP contribution in [-0.4, -0.2) is 0 Å². The van der Waals surface area contributed by atoms with Crippen LogP contribution in [0.3, 0.4) is 0 Å². The highest BCUT2D eigenvalue weighted by Crippen LogP contribution is 2.41. The molecule has 14 heavy (non-hydrogen) atoms. The van der Waals surface area contributed by atoms with Gasteiger partial charge in [0.15, 0.2) is 0 Å². The Labute approximate surface area is 86.4 Å². The van der Waals surface area contributed by atoms with Gasteiger partial charge >= 0.3 is 0 Å². The maximum absolute atomic E-state index is 11.2. The van der Waals surface area contributed by atoms with Gasteiger partial charge in [0, 0.05) is 5.30 Å². The Morgan fingerprint density at radius 3 is 2.43 bits per heavy atom. The van der Waals surface area contributed by atoms with E-state index in [9.17, 15) is 9.46 Å². The number of rotatable bonds is 1. The van der Waals surface area contributed by atoms with Crippen molar-refractivity contribution in [2.24, 2.45) is 0 Å². The monoisotopic (exact) mass is 225 g/mol. The van der Waals surface area contributed by atoms with E-state index in [1.54, 1.807) is 18.2 Å². The number of benzene rings is 2. The first kappa shape index (κ1) is 9.72. The van der Waals surface area contributed by atoms with Crippen molar-refractivity contribution >= 4 is 34.0 Å². The SMILES string of the molecule is O=P([O-])(Cl)c1cccc2ccccc12. The van der Waals surface area contributed by atoms with Gasteiger partial charge < -0.3 is 9.46 Å². The van der Waals surface area contributed by atoms with E-state index < -0.39 is 6.72 Å². The highest BCUT2D eigenvalue weighted by atomic mass is 35.7. The second-order valence-electron chi connectivity index (χ2n) is 2.98. The summed E-state index contributed by atoms with van der Waals surface area (Å²) >= 11 is 5.34. The maximum atomic E-state index is 11.2. The van der Waals surface area contributed by atoms with Crippen LogP contribution in [0.5, 0.6) is 0 Å². The summed E-state index contributed by atoms with van der Waals surface area (Å²) in [7, 11) is 0. The lowest BCUT2D eigenvalue weighted by Crippen LogP contribution is -2.11. The van der Waals surface area contributed by atoms with Crippen molar-refractivity contribution in [2.75, 3.05) is 0 Å². The van der Waals surface area contributed by atoms with E-state index >= 15 is 0 Å². The van der Waals surface area contributed by atoms with E-state index in [4.69, 9.17) is 11.2 Å². The summed E-state index contributed by atoms with van der Waals surface area (Å²) in [5.74, 6) is 0. The van der Waals surface area contributed by atoms with Gasteiger partial charge in [-0.1, -0.05) is 53.7 Å². The van der Waals surface area contributed by atoms with Gasteiger partial charge in [-0.05, 0) is 10.8 Å². The number of halogens is 1. The number of hydrogen-bond acceptors (Lipinski definition) is 2. The van der Waals surface area contributed by atoms with Crippen LogP contribution in [0.2, 0.25) is 0 Å². The first-order valence-electron chi connectivity index (χ1n) is 4.08. The Morgan fingerprint density at radius 1 is 1.07 bits per heavy atom. The third kappa shape index (κ3) is 1.69. The van der Waals surface area contributed by atoms with Crippen LogP contribution in [0.1, 0.15) is 0 Å². The van der Waals surface area contributed by atoms with Crippen molar-refractivity contribution < 1.29 is 9.46 Å². The minimum absolute atomic E-state index is 0.192. The molecule has 0 aliphatic carbocycles. The largest absolute Gasteiger partial charge is 0.784 e. The molecule has 2 rings (SSSR count). The van der Waals surface area contributed by atoms with Crippen molar-refractivity contribution in [1.29, 1.82) is 0 Å². The molecule has 1 unspecified atom stereocenters. The molecule has 0 saturated heterocycles. The van der Waals surface area contributed by atoms with Crippen LogP contribution in [-0.2, 0) is 4.57 Å². The normalized spacial score (nSPS) is 15.3. The van der Waals surface area contributed by atoms with Crippen molar-refractivity contribution in [3.63, 3.8) is 0 Å². The molecule has 0 amide bonds. The zero-order chi connectivity index (χ0) is 10.2. The number of fused-ring (bicyclic) bond motifs is 1. The molecular weight excluding hydrogens is 219 g/mol. The summed E-state index contributed by atoms with van der Waals surface area (Å²) < 4.78 is 11.2. The van der Waals surface area contributed by atoms with Crippen LogP contribution < -0.4 is 10.2 Å².